The van der Waals surface area contributed by atoms with E-state index in [1.54, 1.807) is 0 Å². The first-order chi connectivity index (χ1) is 9.69. The van der Waals surface area contributed by atoms with Crippen LogP contribution in [0, 0.1) is 0 Å². The first kappa shape index (κ1) is 14.4. The minimum atomic E-state index is 0.583. The van der Waals surface area contributed by atoms with Crippen molar-refractivity contribution in [3.8, 4) is 0 Å². The van der Waals surface area contributed by atoms with Crippen LogP contribution in [0.2, 0.25) is 0 Å². The number of benzene rings is 1. The number of anilines is 1. The first-order valence-corrected chi connectivity index (χ1v) is 8.47. The summed E-state index contributed by atoms with van der Waals surface area (Å²) in [5.41, 5.74) is 8.25. The second-order valence-electron chi connectivity index (χ2n) is 6.13. The molecular formula is C16H24BrN3. The molecule has 2 fully saturated rings. The van der Waals surface area contributed by atoms with E-state index in [9.17, 15) is 0 Å². The number of hydrogen-bond donors (Lipinski definition) is 1. The van der Waals surface area contributed by atoms with Gasteiger partial charge in [0.15, 0.2) is 0 Å². The highest BCUT2D eigenvalue weighted by Crippen LogP contribution is 2.30. The molecule has 2 aliphatic rings. The van der Waals surface area contributed by atoms with Crippen molar-refractivity contribution in [1.29, 1.82) is 0 Å². The molecule has 0 saturated carbocycles. The standard InChI is InChI=1S/C16H24BrN3/c1-12-10-19-7-3-2-4-15(19)11-20(12)14-6-5-13(9-18)16(17)8-14/h5-6,8,12,15H,2-4,7,9-11,18H2,1H3. The monoisotopic (exact) mass is 337 g/mol. The van der Waals surface area contributed by atoms with E-state index < -0.39 is 0 Å². The van der Waals surface area contributed by atoms with E-state index in [1.807, 2.05) is 0 Å². The molecule has 0 aliphatic carbocycles. The Morgan fingerprint density at radius 2 is 2.15 bits per heavy atom. The Labute approximate surface area is 130 Å². The molecule has 0 radical (unpaired) electrons. The molecule has 1 aromatic carbocycles. The van der Waals surface area contributed by atoms with Gasteiger partial charge in [-0.3, -0.25) is 4.90 Å². The third kappa shape index (κ3) is 2.74. The lowest BCUT2D eigenvalue weighted by Gasteiger charge is -2.48. The second-order valence-corrected chi connectivity index (χ2v) is 6.98. The van der Waals surface area contributed by atoms with Crippen molar-refractivity contribution in [2.45, 2.75) is 44.8 Å². The van der Waals surface area contributed by atoms with Gasteiger partial charge in [0.1, 0.15) is 0 Å². The van der Waals surface area contributed by atoms with Gasteiger partial charge in [0.05, 0.1) is 0 Å². The third-order valence-electron chi connectivity index (χ3n) is 4.78. The third-order valence-corrected chi connectivity index (χ3v) is 5.51. The Kier molecular flexibility index (Phi) is 4.34. The number of piperidine rings is 1. The summed E-state index contributed by atoms with van der Waals surface area (Å²) < 4.78 is 1.13. The number of nitrogens with two attached hydrogens (primary N) is 1. The number of halogens is 1. The fourth-order valence-electron chi connectivity index (χ4n) is 3.59. The molecule has 110 valence electrons. The lowest BCUT2D eigenvalue weighted by molar-refractivity contribution is 0.115. The van der Waals surface area contributed by atoms with Crippen LogP contribution in [0.4, 0.5) is 5.69 Å². The van der Waals surface area contributed by atoms with Crippen molar-refractivity contribution in [2.75, 3.05) is 24.5 Å². The molecule has 2 N–H and O–H groups in total. The Morgan fingerprint density at radius 1 is 1.30 bits per heavy atom. The number of nitrogens with zero attached hydrogens (tertiary/aromatic N) is 2. The van der Waals surface area contributed by atoms with Crippen LogP contribution in [-0.2, 0) is 6.54 Å². The summed E-state index contributed by atoms with van der Waals surface area (Å²) >= 11 is 3.65. The largest absolute Gasteiger partial charge is 0.366 e. The van der Waals surface area contributed by atoms with Gasteiger partial charge in [-0.2, -0.15) is 0 Å². The van der Waals surface area contributed by atoms with Crippen LogP contribution in [0.25, 0.3) is 0 Å². The van der Waals surface area contributed by atoms with E-state index in [1.165, 1.54) is 43.6 Å². The Hall–Kier alpha value is -0.580. The lowest BCUT2D eigenvalue weighted by Crippen LogP contribution is -2.58. The normalized spacial score (nSPS) is 27.4. The van der Waals surface area contributed by atoms with Crippen LogP contribution >= 0.6 is 15.9 Å². The van der Waals surface area contributed by atoms with Crippen molar-refractivity contribution in [2.24, 2.45) is 5.73 Å². The Balaban J connectivity index is 1.80. The van der Waals surface area contributed by atoms with Gasteiger partial charge < -0.3 is 10.6 Å². The minimum absolute atomic E-state index is 0.583. The van der Waals surface area contributed by atoms with Gasteiger partial charge in [-0.05, 0) is 44.0 Å². The highest BCUT2D eigenvalue weighted by Gasteiger charge is 2.33. The maximum atomic E-state index is 5.74. The fourth-order valence-corrected chi connectivity index (χ4v) is 4.12. The zero-order chi connectivity index (χ0) is 14.1. The van der Waals surface area contributed by atoms with Crippen LogP contribution in [0.15, 0.2) is 22.7 Å². The smallest absolute Gasteiger partial charge is 0.0389 e. The maximum Gasteiger partial charge on any atom is 0.0389 e. The second kappa shape index (κ2) is 6.04. The summed E-state index contributed by atoms with van der Waals surface area (Å²) in [5, 5.41) is 0. The van der Waals surface area contributed by atoms with E-state index >= 15 is 0 Å². The molecule has 3 nitrogen and oxygen atoms in total. The summed E-state index contributed by atoms with van der Waals surface area (Å²) in [6.45, 7) is 6.58. The molecule has 2 unspecified atom stereocenters. The summed E-state index contributed by atoms with van der Waals surface area (Å²) in [7, 11) is 0. The molecule has 2 heterocycles. The molecule has 0 bridgehead atoms. The highest BCUT2D eigenvalue weighted by molar-refractivity contribution is 9.10. The molecule has 20 heavy (non-hydrogen) atoms. The number of hydrogen-bond acceptors (Lipinski definition) is 3. The van der Waals surface area contributed by atoms with E-state index in [2.05, 4.69) is 50.9 Å². The molecule has 2 aliphatic heterocycles. The summed E-state index contributed by atoms with van der Waals surface area (Å²) in [6.07, 6.45) is 4.12. The quantitative estimate of drug-likeness (QED) is 0.900. The SMILES string of the molecule is CC1CN2CCCCC2CN1c1ccc(CN)c(Br)c1. The summed E-state index contributed by atoms with van der Waals surface area (Å²) in [4.78, 5) is 5.26. The zero-order valence-corrected chi connectivity index (χ0v) is 13.8. The Morgan fingerprint density at radius 3 is 2.90 bits per heavy atom. The number of rotatable bonds is 2. The fraction of sp³-hybridized carbons (Fsp3) is 0.625. The molecule has 0 aromatic heterocycles. The minimum Gasteiger partial charge on any atom is -0.366 e. The Bertz CT molecular complexity index is 477. The van der Waals surface area contributed by atoms with Gasteiger partial charge in [-0.25, -0.2) is 0 Å². The molecule has 2 atom stereocenters. The van der Waals surface area contributed by atoms with Crippen molar-refractivity contribution >= 4 is 21.6 Å². The highest BCUT2D eigenvalue weighted by atomic mass is 79.9. The lowest BCUT2D eigenvalue weighted by atomic mass is 9.96. The van der Waals surface area contributed by atoms with Gasteiger partial charge >= 0.3 is 0 Å². The summed E-state index contributed by atoms with van der Waals surface area (Å²) in [5.74, 6) is 0. The van der Waals surface area contributed by atoms with Crippen LogP contribution in [0.5, 0.6) is 0 Å². The molecule has 4 heteroatoms. The van der Waals surface area contributed by atoms with Gasteiger partial charge in [-0.15, -0.1) is 0 Å². The van der Waals surface area contributed by atoms with Gasteiger partial charge in [-0.1, -0.05) is 28.4 Å². The van der Waals surface area contributed by atoms with E-state index in [0.29, 0.717) is 12.6 Å². The number of fused-ring (bicyclic) bond motifs is 1. The molecule has 3 rings (SSSR count). The van der Waals surface area contributed by atoms with Gasteiger partial charge in [0, 0.05) is 41.9 Å². The molecule has 2 saturated heterocycles. The average Bonchev–Trinajstić information content (AvgIpc) is 2.46. The first-order valence-electron chi connectivity index (χ1n) is 7.68. The van der Waals surface area contributed by atoms with Gasteiger partial charge in [0.2, 0.25) is 0 Å². The van der Waals surface area contributed by atoms with Crippen molar-refractivity contribution in [3.05, 3.63) is 28.2 Å². The number of piperazine rings is 1. The van der Waals surface area contributed by atoms with Crippen molar-refractivity contribution < 1.29 is 0 Å². The van der Waals surface area contributed by atoms with Crippen LogP contribution in [0.1, 0.15) is 31.7 Å². The zero-order valence-electron chi connectivity index (χ0n) is 12.2. The molecular weight excluding hydrogens is 314 g/mol. The maximum absolute atomic E-state index is 5.74. The van der Waals surface area contributed by atoms with Crippen LogP contribution in [-0.4, -0.2) is 36.6 Å². The molecule has 0 amide bonds. The summed E-state index contributed by atoms with van der Waals surface area (Å²) in [6, 6.07) is 7.94. The molecule has 0 spiro atoms. The van der Waals surface area contributed by atoms with Crippen molar-refractivity contribution in [1.82, 2.24) is 4.90 Å². The van der Waals surface area contributed by atoms with E-state index in [0.717, 1.165) is 17.1 Å². The van der Waals surface area contributed by atoms with E-state index in [4.69, 9.17) is 5.73 Å². The predicted molar refractivity (Wildman–Crippen MR) is 88.1 cm³/mol. The van der Waals surface area contributed by atoms with Crippen molar-refractivity contribution in [3.63, 3.8) is 0 Å². The average molecular weight is 338 g/mol. The topological polar surface area (TPSA) is 32.5 Å². The van der Waals surface area contributed by atoms with E-state index in [-0.39, 0.29) is 0 Å². The van der Waals surface area contributed by atoms with Crippen LogP contribution in [0.3, 0.4) is 0 Å². The van der Waals surface area contributed by atoms with Crippen LogP contribution < -0.4 is 10.6 Å². The predicted octanol–water partition coefficient (Wildman–Crippen LogP) is 2.97. The molecule has 1 aromatic rings. The van der Waals surface area contributed by atoms with Gasteiger partial charge in [0.25, 0.3) is 0 Å².